The molecule has 4 nitrogen and oxygen atoms in total. The van der Waals surface area contributed by atoms with Gasteiger partial charge in [0.1, 0.15) is 6.04 Å². The van der Waals surface area contributed by atoms with Crippen molar-refractivity contribution in [2.45, 2.75) is 25.8 Å². The molecular formula is C20H22N2O2. The number of aryl methyl sites for hydroxylation is 1. The zero-order valence-electron chi connectivity index (χ0n) is 13.9. The van der Waals surface area contributed by atoms with Gasteiger partial charge in [0.15, 0.2) is 5.78 Å². The van der Waals surface area contributed by atoms with Gasteiger partial charge >= 0.3 is 0 Å². The van der Waals surface area contributed by atoms with E-state index in [-0.39, 0.29) is 24.3 Å². The molecule has 0 bridgehead atoms. The van der Waals surface area contributed by atoms with Crippen LogP contribution in [0.3, 0.4) is 0 Å². The van der Waals surface area contributed by atoms with E-state index in [2.05, 4.69) is 22.3 Å². The third-order valence-corrected chi connectivity index (χ3v) is 4.51. The Labute approximate surface area is 142 Å². The summed E-state index contributed by atoms with van der Waals surface area (Å²) in [6.07, 6.45) is 2.09. The van der Waals surface area contributed by atoms with Crippen LogP contribution in [-0.2, 0) is 11.2 Å². The van der Waals surface area contributed by atoms with Gasteiger partial charge in [-0.05, 0) is 31.4 Å². The lowest BCUT2D eigenvalue weighted by Gasteiger charge is -2.35. The molecule has 124 valence electrons. The van der Waals surface area contributed by atoms with Gasteiger partial charge in [0, 0.05) is 17.8 Å². The minimum atomic E-state index is -0.296. The highest BCUT2D eigenvalue weighted by atomic mass is 16.2. The van der Waals surface area contributed by atoms with Crippen molar-refractivity contribution in [2.24, 2.45) is 0 Å². The summed E-state index contributed by atoms with van der Waals surface area (Å²) in [7, 11) is 0. The summed E-state index contributed by atoms with van der Waals surface area (Å²) < 4.78 is 0. The van der Waals surface area contributed by atoms with Gasteiger partial charge in [-0.15, -0.1) is 0 Å². The maximum Gasteiger partial charge on any atom is 0.242 e. The van der Waals surface area contributed by atoms with Crippen molar-refractivity contribution < 1.29 is 9.59 Å². The van der Waals surface area contributed by atoms with Crippen molar-refractivity contribution in [3.63, 3.8) is 0 Å². The van der Waals surface area contributed by atoms with Crippen LogP contribution in [0.2, 0.25) is 0 Å². The zero-order valence-corrected chi connectivity index (χ0v) is 13.9. The van der Waals surface area contributed by atoms with E-state index in [9.17, 15) is 9.59 Å². The van der Waals surface area contributed by atoms with Gasteiger partial charge in [0.2, 0.25) is 5.91 Å². The van der Waals surface area contributed by atoms with E-state index in [4.69, 9.17) is 0 Å². The second-order valence-electron chi connectivity index (χ2n) is 6.11. The van der Waals surface area contributed by atoms with Crippen LogP contribution in [-0.4, -0.2) is 30.8 Å². The van der Waals surface area contributed by atoms with Crippen LogP contribution in [0.4, 0.5) is 5.69 Å². The Morgan fingerprint density at radius 2 is 1.79 bits per heavy atom. The number of carbonyl (C=O) groups is 2. The number of anilines is 1. The summed E-state index contributed by atoms with van der Waals surface area (Å²) in [6, 6.07) is 17.0. The first-order chi connectivity index (χ1) is 11.7. The highest BCUT2D eigenvalue weighted by molar-refractivity contribution is 6.00. The van der Waals surface area contributed by atoms with E-state index in [1.54, 1.807) is 12.1 Å². The van der Waals surface area contributed by atoms with E-state index >= 15 is 0 Å². The van der Waals surface area contributed by atoms with E-state index in [1.807, 2.05) is 37.3 Å². The maximum absolute atomic E-state index is 12.5. The molecule has 0 fully saturated rings. The van der Waals surface area contributed by atoms with Crippen molar-refractivity contribution >= 4 is 17.4 Å². The van der Waals surface area contributed by atoms with Crippen molar-refractivity contribution in [1.82, 2.24) is 5.32 Å². The average Bonchev–Trinajstić information content (AvgIpc) is 2.65. The SMILES string of the molecule is C[C@@H](C(=O)NCC(=O)c1ccccc1)N1CCCc2ccccc21. The molecule has 0 saturated heterocycles. The lowest BCUT2D eigenvalue weighted by atomic mass is 10.00. The largest absolute Gasteiger partial charge is 0.360 e. The number of nitrogens with zero attached hydrogens (tertiary/aromatic N) is 1. The van der Waals surface area contributed by atoms with E-state index < -0.39 is 0 Å². The van der Waals surface area contributed by atoms with Gasteiger partial charge in [-0.1, -0.05) is 48.5 Å². The Bertz CT molecular complexity index is 727. The fraction of sp³-hybridized carbons (Fsp3) is 0.300. The molecule has 0 aromatic heterocycles. The van der Waals surface area contributed by atoms with Crippen molar-refractivity contribution in [1.29, 1.82) is 0 Å². The van der Waals surface area contributed by atoms with Crippen LogP contribution in [0.1, 0.15) is 29.3 Å². The molecule has 24 heavy (non-hydrogen) atoms. The molecule has 1 N–H and O–H groups in total. The molecule has 1 heterocycles. The molecule has 3 rings (SSSR count). The minimum Gasteiger partial charge on any atom is -0.360 e. The van der Waals surface area contributed by atoms with E-state index in [0.717, 1.165) is 25.1 Å². The number of para-hydroxylation sites is 1. The number of Topliss-reactive ketones (excluding diaryl/α,β-unsaturated/α-hetero) is 1. The highest BCUT2D eigenvalue weighted by Gasteiger charge is 2.25. The Balaban J connectivity index is 1.63. The number of amides is 1. The van der Waals surface area contributed by atoms with Crippen LogP contribution in [0, 0.1) is 0 Å². The second kappa shape index (κ2) is 7.30. The standard InChI is InChI=1S/C20H22N2O2/c1-15(22-13-7-11-16-8-5-6-12-18(16)22)20(24)21-14-19(23)17-9-3-2-4-10-17/h2-6,8-10,12,15H,7,11,13-14H2,1H3,(H,21,24)/t15-/m0/s1. The zero-order chi connectivity index (χ0) is 16.9. The number of rotatable bonds is 5. The smallest absolute Gasteiger partial charge is 0.242 e. The van der Waals surface area contributed by atoms with E-state index in [0.29, 0.717) is 5.56 Å². The van der Waals surface area contributed by atoms with Crippen molar-refractivity contribution in [3.8, 4) is 0 Å². The van der Waals surface area contributed by atoms with Crippen LogP contribution in [0.15, 0.2) is 54.6 Å². The number of ketones is 1. The summed E-state index contributed by atoms with van der Waals surface area (Å²) in [5, 5.41) is 2.78. The normalized spacial score (nSPS) is 14.6. The fourth-order valence-electron chi connectivity index (χ4n) is 3.15. The molecule has 0 aliphatic carbocycles. The first-order valence-electron chi connectivity index (χ1n) is 8.37. The number of fused-ring (bicyclic) bond motifs is 1. The predicted octanol–water partition coefficient (Wildman–Crippen LogP) is 2.83. The molecule has 4 heteroatoms. The molecule has 1 aliphatic heterocycles. The van der Waals surface area contributed by atoms with Gasteiger partial charge in [-0.3, -0.25) is 9.59 Å². The summed E-state index contributed by atoms with van der Waals surface area (Å²) in [4.78, 5) is 26.7. The number of hydrogen-bond donors (Lipinski definition) is 1. The topological polar surface area (TPSA) is 49.4 Å². The van der Waals surface area contributed by atoms with Crippen LogP contribution < -0.4 is 10.2 Å². The number of nitrogens with one attached hydrogen (secondary N) is 1. The summed E-state index contributed by atoms with van der Waals surface area (Å²) >= 11 is 0. The van der Waals surface area contributed by atoms with Crippen molar-refractivity contribution in [3.05, 3.63) is 65.7 Å². The first-order valence-corrected chi connectivity index (χ1v) is 8.37. The Kier molecular flexibility index (Phi) is 4.94. The highest BCUT2D eigenvalue weighted by Crippen LogP contribution is 2.28. The summed E-state index contributed by atoms with van der Waals surface area (Å²) in [5.74, 6) is -0.189. The average molecular weight is 322 g/mol. The van der Waals surface area contributed by atoms with Crippen LogP contribution >= 0.6 is 0 Å². The molecule has 0 saturated carbocycles. The lowest BCUT2D eigenvalue weighted by Crippen LogP contribution is -2.48. The van der Waals surface area contributed by atoms with Crippen LogP contribution in [0.25, 0.3) is 0 Å². The second-order valence-corrected chi connectivity index (χ2v) is 6.11. The van der Waals surface area contributed by atoms with Gasteiger partial charge in [-0.2, -0.15) is 0 Å². The Hall–Kier alpha value is -2.62. The lowest BCUT2D eigenvalue weighted by molar-refractivity contribution is -0.121. The summed E-state index contributed by atoms with van der Waals surface area (Å²) in [5.41, 5.74) is 3.03. The molecule has 2 aromatic rings. The number of carbonyl (C=O) groups excluding carboxylic acids is 2. The van der Waals surface area contributed by atoms with Gasteiger partial charge in [0.25, 0.3) is 0 Å². The molecule has 0 spiro atoms. The maximum atomic E-state index is 12.5. The molecule has 1 atom stereocenters. The van der Waals surface area contributed by atoms with Gasteiger partial charge in [-0.25, -0.2) is 0 Å². The first kappa shape index (κ1) is 16.2. The molecular weight excluding hydrogens is 300 g/mol. The molecule has 0 unspecified atom stereocenters. The predicted molar refractivity (Wildman–Crippen MR) is 95.4 cm³/mol. The third kappa shape index (κ3) is 3.48. The van der Waals surface area contributed by atoms with Crippen LogP contribution in [0.5, 0.6) is 0 Å². The molecule has 2 aromatic carbocycles. The van der Waals surface area contributed by atoms with Gasteiger partial charge < -0.3 is 10.2 Å². The molecule has 1 amide bonds. The van der Waals surface area contributed by atoms with E-state index in [1.165, 1.54) is 5.56 Å². The Morgan fingerprint density at radius 3 is 2.58 bits per heavy atom. The third-order valence-electron chi connectivity index (χ3n) is 4.51. The summed E-state index contributed by atoms with van der Waals surface area (Å²) in [6.45, 7) is 2.78. The molecule has 0 radical (unpaired) electrons. The number of benzene rings is 2. The minimum absolute atomic E-state index is 0.0304. The number of hydrogen-bond acceptors (Lipinski definition) is 3. The fourth-order valence-corrected chi connectivity index (χ4v) is 3.15. The monoisotopic (exact) mass is 322 g/mol. The Morgan fingerprint density at radius 1 is 1.08 bits per heavy atom. The molecule has 1 aliphatic rings. The quantitative estimate of drug-likeness (QED) is 0.861. The van der Waals surface area contributed by atoms with Gasteiger partial charge in [0.05, 0.1) is 6.54 Å². The van der Waals surface area contributed by atoms with Crippen molar-refractivity contribution in [2.75, 3.05) is 18.0 Å².